The lowest BCUT2D eigenvalue weighted by Gasteiger charge is -2.32. The number of pyridine rings is 1. The molecule has 2 saturated heterocycles. The summed E-state index contributed by atoms with van der Waals surface area (Å²) in [6, 6.07) is 3.88. The Morgan fingerprint density at radius 3 is 2.31 bits per heavy atom. The Morgan fingerprint density at radius 2 is 1.72 bits per heavy atom. The zero-order valence-corrected chi connectivity index (χ0v) is 18.2. The second-order valence-corrected chi connectivity index (χ2v) is 9.07. The van der Waals surface area contributed by atoms with Crippen molar-refractivity contribution >= 4 is 23.5 Å². The Labute approximate surface area is 173 Å². The van der Waals surface area contributed by atoms with Gasteiger partial charge < -0.3 is 19.9 Å². The van der Waals surface area contributed by atoms with Gasteiger partial charge in [0.05, 0.1) is 5.56 Å². The third-order valence-corrected chi connectivity index (χ3v) is 5.42. The number of rotatable bonds is 4. The van der Waals surface area contributed by atoms with Crippen LogP contribution in [0.15, 0.2) is 12.1 Å². The molecule has 7 nitrogen and oxygen atoms in total. The van der Waals surface area contributed by atoms with E-state index in [-0.39, 0.29) is 17.9 Å². The monoisotopic (exact) mass is 402 g/mol. The standard InChI is InChI=1S/C22H34N4O3/c1-16(27)25-12-8-18(9-13-25)23-19-14-17(21(28)29-22(2,3)4)15-20(24-19)26-10-6-5-7-11-26/h14-15,18H,5-13H2,1-4H3,(H,23,24). The number of nitrogens with zero attached hydrogens (tertiary/aromatic N) is 3. The highest BCUT2D eigenvalue weighted by Gasteiger charge is 2.24. The molecule has 3 rings (SSSR count). The van der Waals surface area contributed by atoms with E-state index in [1.807, 2.05) is 31.7 Å². The summed E-state index contributed by atoms with van der Waals surface area (Å²) in [5.74, 6) is 1.33. The molecule has 1 aromatic heterocycles. The molecule has 1 N–H and O–H groups in total. The van der Waals surface area contributed by atoms with Gasteiger partial charge in [-0.2, -0.15) is 0 Å². The van der Waals surface area contributed by atoms with Crippen molar-refractivity contribution in [3.63, 3.8) is 0 Å². The summed E-state index contributed by atoms with van der Waals surface area (Å²) in [5.41, 5.74) is -0.0159. The highest BCUT2D eigenvalue weighted by atomic mass is 16.6. The van der Waals surface area contributed by atoms with Crippen molar-refractivity contribution in [2.24, 2.45) is 0 Å². The molecule has 0 aromatic carbocycles. The van der Waals surface area contributed by atoms with E-state index in [0.717, 1.165) is 57.7 Å². The van der Waals surface area contributed by atoms with Crippen LogP contribution < -0.4 is 10.2 Å². The van der Waals surface area contributed by atoms with Crippen molar-refractivity contribution in [2.75, 3.05) is 36.4 Å². The third kappa shape index (κ3) is 6.08. The van der Waals surface area contributed by atoms with Gasteiger partial charge in [-0.3, -0.25) is 4.79 Å². The fourth-order valence-corrected chi connectivity index (χ4v) is 3.88. The van der Waals surface area contributed by atoms with Gasteiger partial charge in [0.1, 0.15) is 17.2 Å². The predicted octanol–water partition coefficient (Wildman–Crippen LogP) is 3.45. The van der Waals surface area contributed by atoms with E-state index in [1.54, 1.807) is 13.0 Å². The van der Waals surface area contributed by atoms with Gasteiger partial charge in [0.2, 0.25) is 5.91 Å². The molecule has 1 amide bonds. The van der Waals surface area contributed by atoms with Crippen LogP contribution in [0.3, 0.4) is 0 Å². The summed E-state index contributed by atoms with van der Waals surface area (Å²) in [7, 11) is 0. The molecule has 7 heteroatoms. The molecule has 29 heavy (non-hydrogen) atoms. The summed E-state index contributed by atoms with van der Waals surface area (Å²) >= 11 is 0. The van der Waals surface area contributed by atoms with Crippen LogP contribution in [-0.2, 0) is 9.53 Å². The summed E-state index contributed by atoms with van der Waals surface area (Å²) < 4.78 is 5.59. The molecule has 0 spiro atoms. The average molecular weight is 403 g/mol. The molecule has 2 aliphatic heterocycles. The van der Waals surface area contributed by atoms with E-state index in [9.17, 15) is 9.59 Å². The van der Waals surface area contributed by atoms with E-state index in [4.69, 9.17) is 9.72 Å². The first-order valence-electron chi connectivity index (χ1n) is 10.7. The fraction of sp³-hybridized carbons (Fsp3) is 0.682. The van der Waals surface area contributed by atoms with Gasteiger partial charge >= 0.3 is 5.97 Å². The van der Waals surface area contributed by atoms with Gasteiger partial charge in [-0.25, -0.2) is 9.78 Å². The first-order valence-corrected chi connectivity index (χ1v) is 10.7. The summed E-state index contributed by atoms with van der Waals surface area (Å²) in [6.07, 6.45) is 5.27. The van der Waals surface area contributed by atoms with E-state index in [0.29, 0.717) is 11.4 Å². The van der Waals surface area contributed by atoms with Crippen LogP contribution in [0.1, 0.15) is 70.2 Å². The largest absolute Gasteiger partial charge is 0.456 e. The van der Waals surface area contributed by atoms with E-state index >= 15 is 0 Å². The SMILES string of the molecule is CC(=O)N1CCC(Nc2cc(C(=O)OC(C)(C)C)cc(N3CCCCC3)n2)CC1. The van der Waals surface area contributed by atoms with Crippen LogP contribution in [0.2, 0.25) is 0 Å². The number of likely N-dealkylation sites (tertiary alicyclic amines) is 1. The summed E-state index contributed by atoms with van der Waals surface area (Å²) in [6.45, 7) is 10.7. The normalized spacial score (nSPS) is 18.5. The highest BCUT2D eigenvalue weighted by molar-refractivity contribution is 5.91. The number of aromatic nitrogens is 1. The number of carbonyl (C=O) groups is 2. The third-order valence-electron chi connectivity index (χ3n) is 5.42. The van der Waals surface area contributed by atoms with E-state index < -0.39 is 5.60 Å². The molecule has 0 saturated carbocycles. The van der Waals surface area contributed by atoms with Crippen molar-refractivity contribution in [3.05, 3.63) is 17.7 Å². The van der Waals surface area contributed by atoms with Crippen molar-refractivity contribution in [3.8, 4) is 0 Å². The van der Waals surface area contributed by atoms with Crippen LogP contribution in [0, 0.1) is 0 Å². The molecular weight excluding hydrogens is 368 g/mol. The minimum atomic E-state index is -0.543. The van der Waals surface area contributed by atoms with Crippen LogP contribution >= 0.6 is 0 Å². The van der Waals surface area contributed by atoms with Crippen LogP contribution in [0.4, 0.5) is 11.6 Å². The molecule has 0 atom stereocenters. The Kier molecular flexibility index (Phi) is 6.65. The van der Waals surface area contributed by atoms with Gasteiger partial charge in [-0.05, 0) is 65.0 Å². The quantitative estimate of drug-likeness (QED) is 0.778. The first kappa shape index (κ1) is 21.4. The lowest BCUT2D eigenvalue weighted by Crippen LogP contribution is -2.41. The van der Waals surface area contributed by atoms with Crippen molar-refractivity contribution in [2.45, 2.75) is 71.4 Å². The number of ether oxygens (including phenoxy) is 1. The molecule has 2 aliphatic rings. The number of amides is 1. The maximum Gasteiger partial charge on any atom is 0.338 e. The van der Waals surface area contributed by atoms with Gasteiger partial charge in [-0.15, -0.1) is 0 Å². The second-order valence-electron chi connectivity index (χ2n) is 9.07. The predicted molar refractivity (Wildman–Crippen MR) is 114 cm³/mol. The highest BCUT2D eigenvalue weighted by Crippen LogP contribution is 2.25. The fourth-order valence-electron chi connectivity index (χ4n) is 3.88. The van der Waals surface area contributed by atoms with Crippen LogP contribution in [0.5, 0.6) is 0 Å². The lowest BCUT2D eigenvalue weighted by atomic mass is 10.0. The number of carbonyl (C=O) groups excluding carboxylic acids is 2. The van der Waals surface area contributed by atoms with Gasteiger partial charge in [0.25, 0.3) is 0 Å². The maximum absolute atomic E-state index is 12.7. The Hall–Kier alpha value is -2.31. The second kappa shape index (κ2) is 9.01. The zero-order valence-electron chi connectivity index (χ0n) is 18.2. The average Bonchev–Trinajstić information content (AvgIpc) is 2.67. The first-order chi connectivity index (χ1) is 13.7. The number of hydrogen-bond donors (Lipinski definition) is 1. The molecule has 0 unspecified atom stereocenters. The van der Waals surface area contributed by atoms with Gasteiger partial charge in [0.15, 0.2) is 0 Å². The molecule has 2 fully saturated rings. The number of nitrogens with one attached hydrogen (secondary N) is 1. The van der Waals surface area contributed by atoms with Crippen LogP contribution in [-0.4, -0.2) is 59.6 Å². The van der Waals surface area contributed by atoms with Gasteiger partial charge in [-0.1, -0.05) is 0 Å². The molecule has 0 radical (unpaired) electrons. The Bertz CT molecular complexity index is 730. The minimum absolute atomic E-state index is 0.126. The van der Waals surface area contributed by atoms with Crippen molar-refractivity contribution in [1.29, 1.82) is 0 Å². The molecule has 0 aliphatic carbocycles. The number of hydrogen-bond acceptors (Lipinski definition) is 6. The Morgan fingerprint density at radius 1 is 1.07 bits per heavy atom. The summed E-state index contributed by atoms with van der Waals surface area (Å²) in [4.78, 5) is 33.2. The van der Waals surface area contributed by atoms with E-state index in [1.165, 1.54) is 6.42 Å². The topological polar surface area (TPSA) is 74.8 Å². The zero-order chi connectivity index (χ0) is 21.0. The van der Waals surface area contributed by atoms with Crippen LogP contribution in [0.25, 0.3) is 0 Å². The number of piperidine rings is 2. The molecule has 160 valence electrons. The van der Waals surface area contributed by atoms with E-state index in [2.05, 4.69) is 10.2 Å². The Balaban J connectivity index is 1.78. The smallest absolute Gasteiger partial charge is 0.338 e. The molecular formula is C22H34N4O3. The van der Waals surface area contributed by atoms with Crippen molar-refractivity contribution < 1.29 is 14.3 Å². The minimum Gasteiger partial charge on any atom is -0.456 e. The number of anilines is 2. The van der Waals surface area contributed by atoms with Gasteiger partial charge in [0, 0.05) is 39.1 Å². The number of esters is 1. The summed E-state index contributed by atoms with van der Waals surface area (Å²) in [5, 5.41) is 3.49. The molecule has 1 aromatic rings. The maximum atomic E-state index is 12.7. The molecule has 0 bridgehead atoms. The lowest BCUT2D eigenvalue weighted by molar-refractivity contribution is -0.129. The molecule has 3 heterocycles. The van der Waals surface area contributed by atoms with Crippen molar-refractivity contribution in [1.82, 2.24) is 9.88 Å².